The van der Waals surface area contributed by atoms with Gasteiger partial charge < -0.3 is 14.8 Å². The van der Waals surface area contributed by atoms with Gasteiger partial charge in [0, 0.05) is 41.4 Å². The minimum Gasteiger partial charge on any atom is -0.496 e. The molecule has 0 saturated heterocycles. The molecule has 0 radical (unpaired) electrons. The van der Waals surface area contributed by atoms with Gasteiger partial charge in [0.15, 0.2) is 0 Å². The van der Waals surface area contributed by atoms with E-state index in [1.807, 2.05) is 54.6 Å². The highest BCUT2D eigenvalue weighted by Crippen LogP contribution is 2.20. The maximum absolute atomic E-state index is 12.2. The zero-order valence-corrected chi connectivity index (χ0v) is 15.0. The van der Waals surface area contributed by atoms with E-state index in [0.29, 0.717) is 23.8 Å². The van der Waals surface area contributed by atoms with Gasteiger partial charge in [0.2, 0.25) is 5.91 Å². The summed E-state index contributed by atoms with van der Waals surface area (Å²) >= 11 is 0. The van der Waals surface area contributed by atoms with Crippen LogP contribution in [0.4, 0.5) is 5.69 Å². The first-order chi connectivity index (χ1) is 13.2. The van der Waals surface area contributed by atoms with Crippen LogP contribution in [0.15, 0.2) is 79.1 Å². The number of rotatable bonds is 7. The number of carbonyl (C=O) groups is 1. The summed E-state index contributed by atoms with van der Waals surface area (Å²) in [7, 11) is 1.60. The number of hydrogen-bond acceptors (Lipinski definition) is 4. The summed E-state index contributed by atoms with van der Waals surface area (Å²) < 4.78 is 11.0. The fourth-order valence-electron chi connectivity index (χ4n) is 2.47. The third kappa shape index (κ3) is 5.44. The van der Waals surface area contributed by atoms with Crippen molar-refractivity contribution in [3.63, 3.8) is 0 Å². The molecule has 5 heteroatoms. The smallest absolute Gasteiger partial charge is 0.248 e. The summed E-state index contributed by atoms with van der Waals surface area (Å²) in [5.74, 6) is 1.16. The Kier molecular flexibility index (Phi) is 6.20. The lowest BCUT2D eigenvalue weighted by molar-refractivity contribution is -0.111. The van der Waals surface area contributed by atoms with E-state index in [9.17, 15) is 4.79 Å². The van der Waals surface area contributed by atoms with E-state index in [1.54, 1.807) is 31.6 Å². The Balaban J connectivity index is 1.60. The zero-order chi connectivity index (χ0) is 18.9. The van der Waals surface area contributed by atoms with Crippen LogP contribution in [0.2, 0.25) is 0 Å². The van der Waals surface area contributed by atoms with Crippen molar-refractivity contribution < 1.29 is 14.3 Å². The molecular formula is C22H20N2O3. The standard InChI is InChI=1S/C22H20N2O3/c1-26-21-10-3-2-7-18(21)11-12-22(25)24-19-8-4-9-20(14-19)27-16-17-6-5-13-23-15-17/h2-15H,16H2,1H3,(H,24,25)/b12-11+. The Morgan fingerprint density at radius 1 is 1.11 bits per heavy atom. The number of amides is 1. The fraction of sp³-hybridized carbons (Fsp3) is 0.0909. The molecule has 3 rings (SSSR count). The van der Waals surface area contributed by atoms with Crippen LogP contribution < -0.4 is 14.8 Å². The predicted octanol–water partition coefficient (Wildman–Crippen LogP) is 4.32. The number of carbonyl (C=O) groups excluding carboxylic acids is 1. The van der Waals surface area contributed by atoms with Crippen LogP contribution in [0.1, 0.15) is 11.1 Å². The van der Waals surface area contributed by atoms with Crippen molar-refractivity contribution in [1.29, 1.82) is 0 Å². The van der Waals surface area contributed by atoms with Gasteiger partial charge in [0.05, 0.1) is 7.11 Å². The molecule has 0 aliphatic carbocycles. The molecule has 27 heavy (non-hydrogen) atoms. The number of aromatic nitrogens is 1. The summed E-state index contributed by atoms with van der Waals surface area (Å²) in [6.45, 7) is 0.416. The summed E-state index contributed by atoms with van der Waals surface area (Å²) in [6, 6.07) is 18.6. The highest BCUT2D eigenvalue weighted by molar-refractivity contribution is 6.02. The lowest BCUT2D eigenvalue weighted by Crippen LogP contribution is -2.07. The van der Waals surface area contributed by atoms with E-state index in [4.69, 9.17) is 9.47 Å². The summed E-state index contributed by atoms with van der Waals surface area (Å²) in [5, 5.41) is 2.83. The molecule has 2 aromatic carbocycles. The van der Waals surface area contributed by atoms with Crippen molar-refractivity contribution in [2.45, 2.75) is 6.61 Å². The number of para-hydroxylation sites is 1. The lowest BCUT2D eigenvalue weighted by Gasteiger charge is -2.08. The second-order valence-corrected chi connectivity index (χ2v) is 5.74. The molecule has 1 N–H and O–H groups in total. The third-order valence-corrected chi connectivity index (χ3v) is 3.78. The van der Waals surface area contributed by atoms with Crippen LogP contribution in [-0.2, 0) is 11.4 Å². The van der Waals surface area contributed by atoms with E-state index >= 15 is 0 Å². The van der Waals surface area contributed by atoms with Crippen molar-refractivity contribution in [1.82, 2.24) is 4.98 Å². The molecule has 1 amide bonds. The van der Waals surface area contributed by atoms with Crippen molar-refractivity contribution >= 4 is 17.7 Å². The highest BCUT2D eigenvalue weighted by atomic mass is 16.5. The van der Waals surface area contributed by atoms with E-state index in [1.165, 1.54) is 6.08 Å². The van der Waals surface area contributed by atoms with Gasteiger partial charge >= 0.3 is 0 Å². The SMILES string of the molecule is COc1ccccc1/C=C/C(=O)Nc1cccc(OCc2cccnc2)c1. The fourth-order valence-corrected chi connectivity index (χ4v) is 2.47. The molecule has 0 atom stereocenters. The number of nitrogens with zero attached hydrogens (tertiary/aromatic N) is 1. The number of methoxy groups -OCH3 is 1. The van der Waals surface area contributed by atoms with Crippen molar-refractivity contribution in [3.8, 4) is 11.5 Å². The Bertz CT molecular complexity index is 924. The Morgan fingerprint density at radius 3 is 2.81 bits per heavy atom. The quantitative estimate of drug-likeness (QED) is 0.638. The summed E-state index contributed by atoms with van der Waals surface area (Å²) in [6.07, 6.45) is 6.67. The molecule has 5 nitrogen and oxygen atoms in total. The maximum Gasteiger partial charge on any atom is 0.248 e. The number of anilines is 1. The minimum absolute atomic E-state index is 0.231. The average Bonchev–Trinajstić information content (AvgIpc) is 2.72. The maximum atomic E-state index is 12.2. The molecule has 0 spiro atoms. The third-order valence-electron chi connectivity index (χ3n) is 3.78. The van der Waals surface area contributed by atoms with Crippen LogP contribution in [0.25, 0.3) is 6.08 Å². The predicted molar refractivity (Wildman–Crippen MR) is 106 cm³/mol. The van der Waals surface area contributed by atoms with Gasteiger partial charge in [0.25, 0.3) is 0 Å². The second-order valence-electron chi connectivity index (χ2n) is 5.74. The number of nitrogens with one attached hydrogen (secondary N) is 1. The normalized spacial score (nSPS) is 10.6. The minimum atomic E-state index is -0.231. The first-order valence-electron chi connectivity index (χ1n) is 8.48. The molecule has 136 valence electrons. The Hall–Kier alpha value is -3.60. The molecule has 0 aliphatic rings. The largest absolute Gasteiger partial charge is 0.496 e. The van der Waals surface area contributed by atoms with Gasteiger partial charge in [-0.1, -0.05) is 30.3 Å². The molecule has 3 aromatic rings. The van der Waals surface area contributed by atoms with E-state index < -0.39 is 0 Å². The molecule has 1 heterocycles. The van der Waals surface area contributed by atoms with Gasteiger partial charge in [-0.25, -0.2) is 0 Å². The van der Waals surface area contributed by atoms with Crippen LogP contribution in [0, 0.1) is 0 Å². The summed E-state index contributed by atoms with van der Waals surface area (Å²) in [4.78, 5) is 16.2. The molecule has 0 aliphatic heterocycles. The molecular weight excluding hydrogens is 340 g/mol. The topological polar surface area (TPSA) is 60.5 Å². The van der Waals surface area contributed by atoms with Gasteiger partial charge in [-0.3, -0.25) is 9.78 Å². The number of hydrogen-bond donors (Lipinski definition) is 1. The zero-order valence-electron chi connectivity index (χ0n) is 15.0. The molecule has 0 fully saturated rings. The van der Waals surface area contributed by atoms with Gasteiger partial charge in [-0.2, -0.15) is 0 Å². The first-order valence-corrected chi connectivity index (χ1v) is 8.48. The van der Waals surface area contributed by atoms with Crippen molar-refractivity contribution in [2.75, 3.05) is 12.4 Å². The molecule has 0 saturated carbocycles. The first kappa shape index (κ1) is 18.2. The van der Waals surface area contributed by atoms with Crippen LogP contribution in [-0.4, -0.2) is 18.0 Å². The Morgan fingerprint density at radius 2 is 2.00 bits per heavy atom. The average molecular weight is 360 g/mol. The highest BCUT2D eigenvalue weighted by Gasteiger charge is 2.02. The van der Waals surface area contributed by atoms with E-state index in [2.05, 4.69) is 10.3 Å². The number of ether oxygens (including phenoxy) is 2. The summed E-state index contributed by atoms with van der Waals surface area (Å²) in [5.41, 5.74) is 2.48. The lowest BCUT2D eigenvalue weighted by atomic mass is 10.2. The van der Waals surface area contributed by atoms with E-state index in [-0.39, 0.29) is 5.91 Å². The molecule has 0 unspecified atom stereocenters. The van der Waals surface area contributed by atoms with Crippen molar-refractivity contribution in [2.24, 2.45) is 0 Å². The van der Waals surface area contributed by atoms with Crippen molar-refractivity contribution in [3.05, 3.63) is 90.3 Å². The van der Waals surface area contributed by atoms with Crippen LogP contribution in [0.5, 0.6) is 11.5 Å². The van der Waals surface area contributed by atoms with Crippen LogP contribution in [0.3, 0.4) is 0 Å². The van der Waals surface area contributed by atoms with Crippen LogP contribution >= 0.6 is 0 Å². The second kappa shape index (κ2) is 9.20. The number of pyridine rings is 1. The monoisotopic (exact) mass is 360 g/mol. The number of benzene rings is 2. The Labute approximate surface area is 158 Å². The van der Waals surface area contributed by atoms with Gasteiger partial charge in [0.1, 0.15) is 18.1 Å². The molecule has 1 aromatic heterocycles. The van der Waals surface area contributed by atoms with Gasteiger partial charge in [-0.05, 0) is 30.3 Å². The molecule has 0 bridgehead atoms. The van der Waals surface area contributed by atoms with Gasteiger partial charge in [-0.15, -0.1) is 0 Å². The van der Waals surface area contributed by atoms with E-state index in [0.717, 1.165) is 11.1 Å².